The van der Waals surface area contributed by atoms with E-state index in [1.165, 1.54) is 43.0 Å². The summed E-state index contributed by atoms with van der Waals surface area (Å²) in [6.07, 6.45) is 7.25. The molecule has 6 heteroatoms. The van der Waals surface area contributed by atoms with Crippen molar-refractivity contribution in [2.75, 3.05) is 5.75 Å². The number of rotatable bonds is 7. The van der Waals surface area contributed by atoms with Crippen LogP contribution in [0.15, 0.2) is 29.4 Å². The van der Waals surface area contributed by atoms with Crippen molar-refractivity contribution in [3.05, 3.63) is 29.8 Å². The van der Waals surface area contributed by atoms with Crippen molar-refractivity contribution < 1.29 is 4.79 Å². The molecule has 0 aliphatic heterocycles. The minimum absolute atomic E-state index is 0.102. The number of thioether (sulfide) groups is 1. The molecule has 1 heterocycles. The predicted molar refractivity (Wildman–Crippen MR) is 116 cm³/mol. The van der Waals surface area contributed by atoms with Gasteiger partial charge in [-0.1, -0.05) is 75.6 Å². The first-order chi connectivity index (χ1) is 13.6. The fourth-order valence-corrected chi connectivity index (χ4v) is 4.55. The second-order valence-electron chi connectivity index (χ2n) is 7.87. The highest BCUT2D eigenvalue weighted by molar-refractivity contribution is 7.99. The lowest BCUT2D eigenvalue weighted by molar-refractivity contribution is -0.119. The number of benzene rings is 1. The maximum absolute atomic E-state index is 12.4. The molecule has 3 rings (SSSR count). The van der Waals surface area contributed by atoms with Gasteiger partial charge >= 0.3 is 0 Å². The predicted octanol–water partition coefficient (Wildman–Crippen LogP) is 5.02. The molecule has 152 valence electrons. The fourth-order valence-electron chi connectivity index (χ4n) is 3.73. The third kappa shape index (κ3) is 5.37. The summed E-state index contributed by atoms with van der Waals surface area (Å²) >= 11 is 1.47. The molecule has 0 radical (unpaired) electrons. The average molecular weight is 401 g/mol. The Bertz CT molecular complexity index is 761. The van der Waals surface area contributed by atoms with Gasteiger partial charge in [0.05, 0.1) is 5.75 Å². The third-order valence-corrected chi connectivity index (χ3v) is 6.39. The number of hydrogen-bond acceptors (Lipinski definition) is 4. The standard InChI is InChI=1S/C22H32N4OS/c1-4-26-21(18-13-11-17(12-14-18)16(2)3)24-25-22(26)28-15-20(27)23-19-9-7-5-6-8-10-19/h11-14,16,19H,4-10,15H2,1-3H3,(H,23,27). The van der Waals surface area contributed by atoms with E-state index in [1.54, 1.807) is 0 Å². The van der Waals surface area contributed by atoms with Gasteiger partial charge in [0.1, 0.15) is 0 Å². The first-order valence-corrected chi connectivity index (χ1v) is 11.5. The minimum Gasteiger partial charge on any atom is -0.353 e. The van der Waals surface area contributed by atoms with Crippen molar-refractivity contribution in [1.82, 2.24) is 20.1 Å². The van der Waals surface area contributed by atoms with Gasteiger partial charge in [-0.3, -0.25) is 4.79 Å². The van der Waals surface area contributed by atoms with Crippen molar-refractivity contribution in [3.8, 4) is 11.4 Å². The molecular formula is C22H32N4OS. The SMILES string of the molecule is CCn1c(SCC(=O)NC2CCCCCC2)nnc1-c1ccc(C(C)C)cc1. The highest BCUT2D eigenvalue weighted by atomic mass is 32.2. The molecule has 5 nitrogen and oxygen atoms in total. The van der Waals surface area contributed by atoms with Gasteiger partial charge < -0.3 is 9.88 Å². The van der Waals surface area contributed by atoms with Crippen LogP contribution in [0.5, 0.6) is 0 Å². The highest BCUT2D eigenvalue weighted by Gasteiger charge is 2.17. The zero-order valence-electron chi connectivity index (χ0n) is 17.3. The normalized spacial score (nSPS) is 15.6. The van der Waals surface area contributed by atoms with Crippen LogP contribution >= 0.6 is 11.8 Å². The molecule has 0 saturated heterocycles. The number of hydrogen-bond donors (Lipinski definition) is 1. The smallest absolute Gasteiger partial charge is 0.230 e. The van der Waals surface area contributed by atoms with E-state index in [1.807, 2.05) is 0 Å². The van der Waals surface area contributed by atoms with Crippen LogP contribution in [0.4, 0.5) is 0 Å². The van der Waals surface area contributed by atoms with Crippen LogP contribution in [0.25, 0.3) is 11.4 Å². The minimum atomic E-state index is 0.102. The van der Waals surface area contributed by atoms with Gasteiger partial charge in [-0.25, -0.2) is 0 Å². The van der Waals surface area contributed by atoms with Gasteiger partial charge in [0.25, 0.3) is 0 Å². The van der Waals surface area contributed by atoms with Crippen LogP contribution in [-0.4, -0.2) is 32.5 Å². The van der Waals surface area contributed by atoms with Gasteiger partial charge in [-0.05, 0) is 31.2 Å². The van der Waals surface area contributed by atoms with E-state index in [0.29, 0.717) is 17.7 Å². The fraction of sp³-hybridized carbons (Fsp3) is 0.591. The number of aromatic nitrogens is 3. The number of amides is 1. The van der Waals surface area contributed by atoms with Gasteiger partial charge in [0.2, 0.25) is 5.91 Å². The quantitative estimate of drug-likeness (QED) is 0.524. The lowest BCUT2D eigenvalue weighted by Crippen LogP contribution is -2.35. The lowest BCUT2D eigenvalue weighted by Gasteiger charge is -2.16. The van der Waals surface area contributed by atoms with Crippen LogP contribution in [-0.2, 0) is 11.3 Å². The van der Waals surface area contributed by atoms with Gasteiger partial charge in [0.15, 0.2) is 11.0 Å². The first kappa shape index (κ1) is 20.9. The first-order valence-electron chi connectivity index (χ1n) is 10.5. The van der Waals surface area contributed by atoms with Crippen LogP contribution in [0.3, 0.4) is 0 Å². The number of carbonyl (C=O) groups is 1. The molecule has 28 heavy (non-hydrogen) atoms. The summed E-state index contributed by atoms with van der Waals surface area (Å²) in [4.78, 5) is 12.4. The summed E-state index contributed by atoms with van der Waals surface area (Å²) in [5.41, 5.74) is 2.38. The summed E-state index contributed by atoms with van der Waals surface area (Å²) < 4.78 is 2.09. The molecule has 2 aromatic rings. The maximum Gasteiger partial charge on any atom is 0.230 e. The Balaban J connectivity index is 1.62. The third-order valence-electron chi connectivity index (χ3n) is 5.42. The van der Waals surface area contributed by atoms with E-state index in [-0.39, 0.29) is 5.91 Å². The summed E-state index contributed by atoms with van der Waals surface area (Å²) in [5.74, 6) is 1.87. The molecule has 1 aliphatic carbocycles. The zero-order chi connectivity index (χ0) is 19.9. The molecule has 1 aromatic carbocycles. The Labute approximate surface area is 172 Å². The summed E-state index contributed by atoms with van der Waals surface area (Å²) in [6, 6.07) is 8.87. The van der Waals surface area contributed by atoms with Crippen molar-refractivity contribution in [3.63, 3.8) is 0 Å². The van der Waals surface area contributed by atoms with Crippen LogP contribution in [0.2, 0.25) is 0 Å². The number of carbonyl (C=O) groups excluding carboxylic acids is 1. The van der Waals surface area contributed by atoms with Crippen LogP contribution in [0.1, 0.15) is 70.8 Å². The van der Waals surface area contributed by atoms with Crippen molar-refractivity contribution in [2.45, 2.75) is 83.0 Å². The molecule has 1 saturated carbocycles. The molecule has 1 N–H and O–H groups in total. The summed E-state index contributed by atoms with van der Waals surface area (Å²) in [5, 5.41) is 12.8. The van der Waals surface area contributed by atoms with Gasteiger partial charge in [0, 0.05) is 18.2 Å². The Kier molecular flexibility index (Phi) is 7.54. The largest absolute Gasteiger partial charge is 0.353 e. The van der Waals surface area contributed by atoms with E-state index >= 15 is 0 Å². The Morgan fingerprint density at radius 3 is 2.43 bits per heavy atom. The summed E-state index contributed by atoms with van der Waals surface area (Å²) in [7, 11) is 0. The molecule has 1 fully saturated rings. The Hall–Kier alpha value is -1.82. The van der Waals surface area contributed by atoms with Crippen molar-refractivity contribution in [2.24, 2.45) is 0 Å². The lowest BCUT2D eigenvalue weighted by atomic mass is 10.0. The van der Waals surface area contributed by atoms with Crippen molar-refractivity contribution >= 4 is 17.7 Å². The van der Waals surface area contributed by atoms with Crippen LogP contribution in [0, 0.1) is 0 Å². The Morgan fingerprint density at radius 2 is 1.82 bits per heavy atom. The zero-order valence-corrected chi connectivity index (χ0v) is 18.1. The topological polar surface area (TPSA) is 59.8 Å². The van der Waals surface area contributed by atoms with E-state index in [0.717, 1.165) is 35.9 Å². The van der Waals surface area contributed by atoms with E-state index in [9.17, 15) is 4.79 Å². The molecule has 0 atom stereocenters. The van der Waals surface area contributed by atoms with Crippen molar-refractivity contribution in [1.29, 1.82) is 0 Å². The van der Waals surface area contributed by atoms with Gasteiger partial charge in [-0.2, -0.15) is 0 Å². The molecule has 1 amide bonds. The maximum atomic E-state index is 12.4. The number of nitrogens with zero attached hydrogens (tertiary/aromatic N) is 3. The Morgan fingerprint density at radius 1 is 1.14 bits per heavy atom. The van der Waals surface area contributed by atoms with Crippen LogP contribution < -0.4 is 5.32 Å². The van der Waals surface area contributed by atoms with Gasteiger partial charge in [-0.15, -0.1) is 10.2 Å². The molecule has 0 bridgehead atoms. The average Bonchev–Trinajstić information content (AvgIpc) is 2.94. The second-order valence-corrected chi connectivity index (χ2v) is 8.81. The summed E-state index contributed by atoms with van der Waals surface area (Å²) in [6.45, 7) is 7.25. The highest BCUT2D eigenvalue weighted by Crippen LogP contribution is 2.26. The van der Waals surface area contributed by atoms with E-state index in [4.69, 9.17) is 0 Å². The van der Waals surface area contributed by atoms with E-state index in [2.05, 4.69) is 65.1 Å². The van der Waals surface area contributed by atoms with E-state index < -0.39 is 0 Å². The molecule has 0 unspecified atom stereocenters. The molecule has 1 aromatic heterocycles. The monoisotopic (exact) mass is 400 g/mol. The number of nitrogens with one attached hydrogen (secondary N) is 1. The molecule has 0 spiro atoms. The molecular weight excluding hydrogens is 368 g/mol. The second kappa shape index (κ2) is 10.1. The molecule has 1 aliphatic rings.